The standard InChI is InChI=1S/C17H18N2O2S/c1-12-5-4-6-13(11-12)16(20)18-9-10-19-17(21)14-7-2-3-8-15(14)22/h2-8,11,22H,9-10H2,1H3,(H,18,20)(H,19,21). The number of rotatable bonds is 5. The van der Waals surface area contributed by atoms with E-state index >= 15 is 0 Å². The van der Waals surface area contributed by atoms with Crippen molar-refractivity contribution in [2.24, 2.45) is 0 Å². The zero-order chi connectivity index (χ0) is 15.9. The average molecular weight is 314 g/mol. The summed E-state index contributed by atoms with van der Waals surface area (Å²) < 4.78 is 0. The molecule has 4 nitrogen and oxygen atoms in total. The first-order valence-electron chi connectivity index (χ1n) is 6.99. The first kappa shape index (κ1) is 16.1. The molecule has 0 aliphatic rings. The first-order chi connectivity index (χ1) is 10.6. The summed E-state index contributed by atoms with van der Waals surface area (Å²) in [6.07, 6.45) is 0. The summed E-state index contributed by atoms with van der Waals surface area (Å²) >= 11 is 4.24. The molecule has 0 aromatic heterocycles. The molecule has 5 heteroatoms. The minimum absolute atomic E-state index is 0.146. The van der Waals surface area contributed by atoms with E-state index in [9.17, 15) is 9.59 Å². The van der Waals surface area contributed by atoms with E-state index in [0.29, 0.717) is 29.1 Å². The van der Waals surface area contributed by atoms with Crippen LogP contribution in [0.2, 0.25) is 0 Å². The molecule has 0 aliphatic carbocycles. The van der Waals surface area contributed by atoms with Gasteiger partial charge in [-0.05, 0) is 31.2 Å². The molecule has 0 heterocycles. The molecule has 22 heavy (non-hydrogen) atoms. The highest BCUT2D eigenvalue weighted by atomic mass is 32.1. The molecule has 0 atom stereocenters. The summed E-state index contributed by atoms with van der Waals surface area (Å²) in [5.41, 5.74) is 2.18. The summed E-state index contributed by atoms with van der Waals surface area (Å²) in [5, 5.41) is 5.53. The lowest BCUT2D eigenvalue weighted by Crippen LogP contribution is -2.34. The Morgan fingerprint density at radius 2 is 1.64 bits per heavy atom. The number of carbonyl (C=O) groups is 2. The van der Waals surface area contributed by atoms with Crippen molar-refractivity contribution in [1.82, 2.24) is 10.6 Å². The van der Waals surface area contributed by atoms with Crippen molar-refractivity contribution >= 4 is 24.4 Å². The molecule has 114 valence electrons. The Balaban J connectivity index is 1.79. The normalized spacial score (nSPS) is 10.1. The van der Waals surface area contributed by atoms with Crippen LogP contribution in [0.3, 0.4) is 0 Å². The minimum Gasteiger partial charge on any atom is -0.350 e. The number of benzene rings is 2. The fraction of sp³-hybridized carbons (Fsp3) is 0.176. The third-order valence-corrected chi connectivity index (χ3v) is 3.52. The van der Waals surface area contributed by atoms with Crippen LogP contribution in [0.4, 0.5) is 0 Å². The zero-order valence-corrected chi connectivity index (χ0v) is 13.2. The predicted molar refractivity (Wildman–Crippen MR) is 89.5 cm³/mol. The molecule has 0 saturated heterocycles. The Labute approximate surface area is 135 Å². The molecule has 0 aliphatic heterocycles. The van der Waals surface area contributed by atoms with Crippen LogP contribution in [0.1, 0.15) is 26.3 Å². The highest BCUT2D eigenvalue weighted by Gasteiger charge is 2.08. The second-order valence-corrected chi connectivity index (χ2v) is 5.38. The second kappa shape index (κ2) is 7.66. The lowest BCUT2D eigenvalue weighted by Gasteiger charge is -2.08. The minimum atomic E-state index is -0.199. The van der Waals surface area contributed by atoms with Crippen molar-refractivity contribution in [2.45, 2.75) is 11.8 Å². The lowest BCUT2D eigenvalue weighted by molar-refractivity contribution is 0.0926. The van der Waals surface area contributed by atoms with Gasteiger partial charge in [-0.3, -0.25) is 9.59 Å². The highest BCUT2D eigenvalue weighted by Crippen LogP contribution is 2.12. The average Bonchev–Trinajstić information content (AvgIpc) is 2.51. The van der Waals surface area contributed by atoms with Gasteiger partial charge < -0.3 is 10.6 Å². The quantitative estimate of drug-likeness (QED) is 0.586. The Morgan fingerprint density at radius 1 is 0.955 bits per heavy atom. The van der Waals surface area contributed by atoms with E-state index < -0.39 is 0 Å². The molecular formula is C17H18N2O2S. The van der Waals surface area contributed by atoms with Crippen molar-refractivity contribution in [3.8, 4) is 0 Å². The van der Waals surface area contributed by atoms with E-state index in [1.165, 1.54) is 0 Å². The number of aryl methyl sites for hydroxylation is 1. The fourth-order valence-corrected chi connectivity index (χ4v) is 2.26. The van der Waals surface area contributed by atoms with Gasteiger partial charge >= 0.3 is 0 Å². The van der Waals surface area contributed by atoms with Gasteiger partial charge in [0.05, 0.1) is 5.56 Å². The van der Waals surface area contributed by atoms with Gasteiger partial charge in [-0.25, -0.2) is 0 Å². The monoisotopic (exact) mass is 314 g/mol. The molecule has 0 bridgehead atoms. The van der Waals surface area contributed by atoms with Gasteiger partial charge in [0.15, 0.2) is 0 Å². The smallest absolute Gasteiger partial charge is 0.252 e. The van der Waals surface area contributed by atoms with Gasteiger partial charge in [0, 0.05) is 23.5 Å². The van der Waals surface area contributed by atoms with E-state index in [2.05, 4.69) is 23.3 Å². The zero-order valence-electron chi connectivity index (χ0n) is 12.3. The molecule has 0 saturated carbocycles. The van der Waals surface area contributed by atoms with Crippen molar-refractivity contribution < 1.29 is 9.59 Å². The van der Waals surface area contributed by atoms with Gasteiger partial charge in [0.2, 0.25) is 0 Å². The van der Waals surface area contributed by atoms with Crippen LogP contribution in [0, 0.1) is 6.92 Å². The summed E-state index contributed by atoms with van der Waals surface area (Å²) in [7, 11) is 0. The third-order valence-electron chi connectivity index (χ3n) is 3.13. The molecule has 2 aromatic carbocycles. The molecular weight excluding hydrogens is 296 g/mol. The Bertz CT molecular complexity index is 686. The molecule has 2 rings (SSSR count). The van der Waals surface area contributed by atoms with Crippen LogP contribution in [0.25, 0.3) is 0 Å². The molecule has 2 N–H and O–H groups in total. The highest BCUT2D eigenvalue weighted by molar-refractivity contribution is 7.80. The van der Waals surface area contributed by atoms with Gasteiger partial charge in [0.25, 0.3) is 11.8 Å². The van der Waals surface area contributed by atoms with Crippen LogP contribution in [0.15, 0.2) is 53.4 Å². The van der Waals surface area contributed by atoms with Crippen LogP contribution in [-0.2, 0) is 0 Å². The van der Waals surface area contributed by atoms with Gasteiger partial charge in [-0.1, -0.05) is 29.8 Å². The van der Waals surface area contributed by atoms with E-state index in [-0.39, 0.29) is 11.8 Å². The van der Waals surface area contributed by atoms with Crippen LogP contribution >= 0.6 is 12.6 Å². The van der Waals surface area contributed by atoms with Gasteiger partial charge in [-0.15, -0.1) is 12.6 Å². The Hall–Kier alpha value is -2.27. The number of carbonyl (C=O) groups excluding carboxylic acids is 2. The maximum absolute atomic E-state index is 12.0. The van der Waals surface area contributed by atoms with Crippen molar-refractivity contribution in [3.63, 3.8) is 0 Å². The molecule has 2 aromatic rings. The number of hydrogen-bond acceptors (Lipinski definition) is 3. The molecule has 0 fully saturated rings. The van der Waals surface area contributed by atoms with Crippen LogP contribution in [-0.4, -0.2) is 24.9 Å². The maximum atomic E-state index is 12.0. The SMILES string of the molecule is Cc1cccc(C(=O)NCCNC(=O)c2ccccc2S)c1. The van der Waals surface area contributed by atoms with Crippen molar-refractivity contribution in [1.29, 1.82) is 0 Å². The fourth-order valence-electron chi connectivity index (χ4n) is 2.00. The molecule has 0 spiro atoms. The van der Waals surface area contributed by atoms with Crippen molar-refractivity contribution in [3.05, 3.63) is 65.2 Å². The van der Waals surface area contributed by atoms with Crippen LogP contribution in [0.5, 0.6) is 0 Å². The summed E-state index contributed by atoms with van der Waals surface area (Å²) in [4.78, 5) is 24.5. The predicted octanol–water partition coefficient (Wildman–Crippen LogP) is 2.44. The summed E-state index contributed by atoms with van der Waals surface area (Å²) in [6.45, 7) is 2.66. The Kier molecular flexibility index (Phi) is 5.61. The summed E-state index contributed by atoms with van der Waals surface area (Å²) in [6, 6.07) is 14.4. The molecule has 2 amide bonds. The largest absolute Gasteiger partial charge is 0.350 e. The second-order valence-electron chi connectivity index (χ2n) is 4.90. The summed E-state index contributed by atoms with van der Waals surface area (Å²) in [5.74, 6) is -0.344. The third kappa shape index (κ3) is 4.36. The number of nitrogens with one attached hydrogen (secondary N) is 2. The maximum Gasteiger partial charge on any atom is 0.252 e. The lowest BCUT2D eigenvalue weighted by atomic mass is 10.1. The number of amides is 2. The van der Waals surface area contributed by atoms with Crippen molar-refractivity contribution in [2.75, 3.05) is 13.1 Å². The molecule has 0 radical (unpaired) electrons. The Morgan fingerprint density at radius 3 is 2.32 bits per heavy atom. The van der Waals surface area contributed by atoms with E-state index in [1.807, 2.05) is 31.2 Å². The van der Waals surface area contributed by atoms with Gasteiger partial charge in [0.1, 0.15) is 0 Å². The number of thiol groups is 1. The first-order valence-corrected chi connectivity index (χ1v) is 7.43. The number of hydrogen-bond donors (Lipinski definition) is 3. The van der Waals surface area contributed by atoms with E-state index in [0.717, 1.165) is 5.56 Å². The topological polar surface area (TPSA) is 58.2 Å². The molecule has 0 unspecified atom stereocenters. The van der Waals surface area contributed by atoms with Gasteiger partial charge in [-0.2, -0.15) is 0 Å². The van der Waals surface area contributed by atoms with Crippen LogP contribution < -0.4 is 10.6 Å². The van der Waals surface area contributed by atoms with E-state index in [4.69, 9.17) is 0 Å². The van der Waals surface area contributed by atoms with E-state index in [1.54, 1.807) is 24.3 Å².